The lowest BCUT2D eigenvalue weighted by atomic mass is 9.77. The molecule has 0 radical (unpaired) electrons. The minimum atomic E-state index is -3.47. The largest absolute Gasteiger partial charge is 0.353 e. The highest BCUT2D eigenvalue weighted by molar-refractivity contribution is 7.89. The molecule has 5 unspecified atom stereocenters. The van der Waals surface area contributed by atoms with Gasteiger partial charge >= 0.3 is 0 Å². The third-order valence-corrected chi connectivity index (χ3v) is 10.4. The Labute approximate surface area is 183 Å². The third kappa shape index (κ3) is 4.92. The molecule has 0 aromatic carbocycles. The molecule has 1 heterocycles. The van der Waals surface area contributed by atoms with Gasteiger partial charge in [-0.2, -0.15) is 4.31 Å². The van der Waals surface area contributed by atoms with E-state index in [1.165, 1.54) is 0 Å². The first-order chi connectivity index (χ1) is 14.8. The number of halogens is 3. The second-order valence-electron chi connectivity index (χ2n) is 10.0. The Morgan fingerprint density at radius 2 is 1.52 bits per heavy atom. The van der Waals surface area contributed by atoms with E-state index >= 15 is 0 Å². The smallest absolute Gasteiger partial charge is 0.229 e. The lowest BCUT2D eigenvalue weighted by Gasteiger charge is -2.47. The van der Waals surface area contributed by atoms with Gasteiger partial charge in [-0.25, -0.2) is 21.6 Å². The van der Waals surface area contributed by atoms with Gasteiger partial charge in [-0.05, 0) is 83.0 Å². The number of sulfonamides is 1. The van der Waals surface area contributed by atoms with E-state index in [2.05, 4.69) is 5.32 Å². The summed E-state index contributed by atoms with van der Waals surface area (Å²) in [5.41, 5.74) is 0. The first-order valence-corrected chi connectivity index (χ1v) is 13.5. The lowest BCUT2D eigenvalue weighted by Crippen LogP contribution is -2.56. The molecule has 31 heavy (non-hydrogen) atoms. The summed E-state index contributed by atoms with van der Waals surface area (Å²) in [6.07, 6.45) is 2.08. The van der Waals surface area contributed by atoms with Crippen LogP contribution in [0.4, 0.5) is 13.2 Å². The molecule has 3 saturated carbocycles. The normalized spacial score (nSPS) is 42.5. The maximum absolute atomic E-state index is 14.2. The molecule has 0 bridgehead atoms. The predicted octanol–water partition coefficient (Wildman–Crippen LogP) is 3.82. The number of hydrogen-bond acceptors (Lipinski definition) is 3. The summed E-state index contributed by atoms with van der Waals surface area (Å²) in [5, 5.41) is 2.38. The zero-order valence-electron chi connectivity index (χ0n) is 18.0. The quantitative estimate of drug-likeness (QED) is 0.688. The summed E-state index contributed by atoms with van der Waals surface area (Å²) in [4.78, 5) is 12.6. The fourth-order valence-corrected chi connectivity index (χ4v) is 8.58. The molecule has 0 aromatic rings. The van der Waals surface area contributed by atoms with E-state index in [-0.39, 0.29) is 30.8 Å². The Balaban J connectivity index is 1.37. The number of carbonyl (C=O) groups is 1. The topological polar surface area (TPSA) is 66.5 Å². The van der Waals surface area contributed by atoms with Gasteiger partial charge in [-0.1, -0.05) is 0 Å². The van der Waals surface area contributed by atoms with E-state index in [0.717, 1.165) is 12.8 Å². The Morgan fingerprint density at radius 1 is 0.839 bits per heavy atom. The first kappa shape index (κ1) is 23.3. The second-order valence-corrected chi connectivity index (χ2v) is 12.2. The first-order valence-electron chi connectivity index (χ1n) is 12.0. The maximum Gasteiger partial charge on any atom is 0.229 e. The van der Waals surface area contributed by atoms with Gasteiger partial charge in [-0.3, -0.25) is 4.79 Å². The van der Waals surface area contributed by atoms with Crippen LogP contribution >= 0.6 is 0 Å². The van der Waals surface area contributed by atoms with Gasteiger partial charge in [0.25, 0.3) is 0 Å². The van der Waals surface area contributed by atoms with E-state index in [9.17, 15) is 26.4 Å². The molecule has 4 fully saturated rings. The number of fused-ring (bicyclic) bond motifs is 1. The van der Waals surface area contributed by atoms with Crippen molar-refractivity contribution in [2.45, 2.75) is 113 Å². The Hall–Kier alpha value is -0.830. The highest BCUT2D eigenvalue weighted by Gasteiger charge is 2.46. The van der Waals surface area contributed by atoms with Crippen LogP contribution in [0.2, 0.25) is 0 Å². The monoisotopic (exact) mass is 464 g/mol. The summed E-state index contributed by atoms with van der Waals surface area (Å²) in [7, 11) is -3.47. The number of hydrogen-bond donors (Lipinski definition) is 1. The van der Waals surface area contributed by atoms with Crippen LogP contribution in [0.3, 0.4) is 0 Å². The molecule has 5 nitrogen and oxygen atoms in total. The van der Waals surface area contributed by atoms with E-state index < -0.39 is 45.6 Å². The molecule has 178 valence electrons. The molecule has 1 aliphatic heterocycles. The van der Waals surface area contributed by atoms with Crippen molar-refractivity contribution in [2.75, 3.05) is 6.54 Å². The van der Waals surface area contributed by atoms with Gasteiger partial charge < -0.3 is 5.32 Å². The van der Waals surface area contributed by atoms with Crippen molar-refractivity contribution in [3.8, 4) is 0 Å². The van der Waals surface area contributed by atoms with E-state index in [4.69, 9.17) is 0 Å². The van der Waals surface area contributed by atoms with Crippen molar-refractivity contribution in [1.82, 2.24) is 9.62 Å². The van der Waals surface area contributed by atoms with Gasteiger partial charge in [0, 0.05) is 18.6 Å². The number of nitrogens with one attached hydrogen (secondary N) is 1. The molecule has 0 spiro atoms. The molecule has 1 saturated heterocycles. The predicted molar refractivity (Wildman–Crippen MR) is 112 cm³/mol. The van der Waals surface area contributed by atoms with Gasteiger partial charge in [0.1, 0.15) is 24.4 Å². The van der Waals surface area contributed by atoms with Crippen LogP contribution < -0.4 is 5.32 Å². The van der Waals surface area contributed by atoms with Crippen molar-refractivity contribution in [1.29, 1.82) is 0 Å². The van der Waals surface area contributed by atoms with Gasteiger partial charge in [0.2, 0.25) is 15.9 Å². The molecular formula is C22H35F3N2O3S. The fourth-order valence-electron chi connectivity index (χ4n) is 6.29. The van der Waals surface area contributed by atoms with Crippen molar-refractivity contribution in [2.24, 2.45) is 11.8 Å². The van der Waals surface area contributed by atoms with Gasteiger partial charge in [0.05, 0.1) is 5.25 Å². The number of carbonyl (C=O) groups excluding carboxylic acids is 1. The van der Waals surface area contributed by atoms with E-state index in [1.807, 2.05) is 0 Å². The number of alkyl halides is 3. The average Bonchev–Trinajstić information content (AvgIpc) is 2.73. The number of amides is 1. The molecule has 1 amide bonds. The standard InChI is InChI=1S/C22H35F3N2O3S/c23-15-6-9-17(10-7-15)31(29,30)27-12-2-3-14-13-16(8-11-20(14)27)26-22(28)21-18(24)4-1-5-19(21)25/h14-21H,1-13H2,(H,26,28). The Morgan fingerprint density at radius 3 is 2.19 bits per heavy atom. The zero-order valence-corrected chi connectivity index (χ0v) is 18.8. The van der Waals surface area contributed by atoms with Crippen LogP contribution in [0.1, 0.15) is 77.0 Å². The Kier molecular flexibility index (Phi) is 7.21. The van der Waals surface area contributed by atoms with E-state index in [0.29, 0.717) is 57.9 Å². The molecule has 4 rings (SSSR count). The van der Waals surface area contributed by atoms with Gasteiger partial charge in [0.15, 0.2) is 0 Å². The summed E-state index contributed by atoms with van der Waals surface area (Å²) >= 11 is 0. The van der Waals surface area contributed by atoms with Crippen molar-refractivity contribution in [3.05, 3.63) is 0 Å². The van der Waals surface area contributed by atoms with Crippen LogP contribution in [0.5, 0.6) is 0 Å². The van der Waals surface area contributed by atoms with Crippen LogP contribution in [0, 0.1) is 11.8 Å². The molecule has 0 aromatic heterocycles. The van der Waals surface area contributed by atoms with Crippen LogP contribution in [0.15, 0.2) is 0 Å². The number of piperidine rings is 1. The summed E-state index contributed by atoms with van der Waals surface area (Å²) in [6.45, 7) is 0.505. The molecule has 1 N–H and O–H groups in total. The summed E-state index contributed by atoms with van der Waals surface area (Å²) in [6, 6.07) is -0.257. The summed E-state index contributed by atoms with van der Waals surface area (Å²) in [5.74, 6) is -1.62. The van der Waals surface area contributed by atoms with Crippen molar-refractivity contribution >= 4 is 15.9 Å². The van der Waals surface area contributed by atoms with Crippen LogP contribution in [-0.2, 0) is 14.8 Å². The van der Waals surface area contributed by atoms with Crippen LogP contribution in [-0.4, -0.2) is 61.0 Å². The van der Waals surface area contributed by atoms with E-state index in [1.54, 1.807) is 4.31 Å². The molecule has 3 aliphatic carbocycles. The molecular weight excluding hydrogens is 429 g/mol. The highest BCUT2D eigenvalue weighted by Crippen LogP contribution is 2.40. The second kappa shape index (κ2) is 9.57. The van der Waals surface area contributed by atoms with Crippen LogP contribution in [0.25, 0.3) is 0 Å². The number of rotatable bonds is 4. The molecule has 4 aliphatic rings. The third-order valence-electron chi connectivity index (χ3n) is 8.01. The lowest BCUT2D eigenvalue weighted by molar-refractivity contribution is -0.132. The minimum Gasteiger partial charge on any atom is -0.353 e. The SMILES string of the molecule is O=C(NC1CCC2C(CCCN2S(=O)(=O)C2CCC(F)CC2)C1)C1C(F)CCCC1F. The zero-order chi connectivity index (χ0) is 22.2. The average molecular weight is 465 g/mol. The van der Waals surface area contributed by atoms with Crippen molar-refractivity contribution in [3.63, 3.8) is 0 Å². The molecule has 5 atom stereocenters. The Bertz CT molecular complexity index is 734. The summed E-state index contributed by atoms with van der Waals surface area (Å²) < 4.78 is 70.1. The highest BCUT2D eigenvalue weighted by atomic mass is 32.2. The minimum absolute atomic E-state index is 0.0903. The fraction of sp³-hybridized carbons (Fsp3) is 0.955. The maximum atomic E-state index is 14.2. The number of nitrogens with zero attached hydrogens (tertiary/aromatic N) is 1. The molecule has 9 heteroatoms. The van der Waals surface area contributed by atoms with Crippen molar-refractivity contribution < 1.29 is 26.4 Å². The van der Waals surface area contributed by atoms with Gasteiger partial charge in [-0.15, -0.1) is 0 Å².